The molecule has 0 fully saturated rings. The Labute approximate surface area is 367 Å². The summed E-state index contributed by atoms with van der Waals surface area (Å²) in [7, 11) is 0. The molecule has 0 amide bonds. The van der Waals surface area contributed by atoms with Crippen LogP contribution in [0.4, 0.5) is 17.1 Å². The average molecular weight is 800 g/mol. The van der Waals surface area contributed by atoms with E-state index in [1.165, 1.54) is 98.4 Å². The van der Waals surface area contributed by atoms with Gasteiger partial charge in [-0.25, -0.2) is 0 Å². The zero-order valence-electron chi connectivity index (χ0n) is 34.6. The molecule has 0 aliphatic carbocycles. The van der Waals surface area contributed by atoms with Crippen LogP contribution >= 0.6 is 0 Å². The predicted octanol–water partition coefficient (Wildman–Crippen LogP) is 17.6. The molecule has 1 heteroatoms. The third-order valence-corrected chi connectivity index (χ3v) is 12.8. The Morgan fingerprint density at radius 2 is 0.794 bits per heavy atom. The molecule has 1 nitrogen and oxygen atoms in total. The van der Waals surface area contributed by atoms with E-state index in [-0.39, 0.29) is 0 Å². The Kier molecular flexibility index (Phi) is 8.90. The van der Waals surface area contributed by atoms with E-state index in [1.54, 1.807) is 0 Å². The van der Waals surface area contributed by atoms with Crippen LogP contribution in [0.2, 0.25) is 0 Å². The van der Waals surface area contributed by atoms with Gasteiger partial charge in [0, 0.05) is 16.8 Å². The van der Waals surface area contributed by atoms with Crippen LogP contribution in [0.3, 0.4) is 0 Å². The van der Waals surface area contributed by atoms with Crippen LogP contribution in [0.1, 0.15) is 0 Å². The minimum Gasteiger partial charge on any atom is -0.310 e. The minimum atomic E-state index is 1.12. The van der Waals surface area contributed by atoms with Gasteiger partial charge in [-0.3, -0.25) is 0 Å². The number of hydrogen-bond acceptors (Lipinski definition) is 1. The molecule has 294 valence electrons. The first-order valence-electron chi connectivity index (χ1n) is 21.8. The molecule has 0 spiro atoms. The van der Waals surface area contributed by atoms with Crippen molar-refractivity contribution in [3.63, 3.8) is 0 Å². The summed E-state index contributed by atoms with van der Waals surface area (Å²) in [6.07, 6.45) is 0. The molecule has 0 saturated heterocycles. The number of anilines is 3. The van der Waals surface area contributed by atoms with Crippen molar-refractivity contribution in [3.8, 4) is 44.5 Å². The third-order valence-electron chi connectivity index (χ3n) is 12.8. The monoisotopic (exact) mass is 799 g/mol. The van der Waals surface area contributed by atoms with Gasteiger partial charge < -0.3 is 4.90 Å². The van der Waals surface area contributed by atoms with Crippen LogP contribution in [0, 0.1) is 0 Å². The first-order chi connectivity index (χ1) is 31.3. The molecule has 12 aromatic rings. The number of hydrogen-bond donors (Lipinski definition) is 0. The van der Waals surface area contributed by atoms with Gasteiger partial charge in [-0.1, -0.05) is 206 Å². The normalized spacial score (nSPS) is 11.5. The lowest BCUT2D eigenvalue weighted by molar-refractivity contribution is 1.30. The summed E-state index contributed by atoms with van der Waals surface area (Å²) in [6.45, 7) is 0. The molecular weight excluding hydrogens is 759 g/mol. The van der Waals surface area contributed by atoms with E-state index in [1.807, 2.05) is 0 Å². The highest BCUT2D eigenvalue weighted by atomic mass is 15.1. The van der Waals surface area contributed by atoms with Crippen LogP contribution in [-0.2, 0) is 0 Å². The van der Waals surface area contributed by atoms with Gasteiger partial charge in [0.25, 0.3) is 0 Å². The maximum Gasteiger partial charge on any atom is 0.0540 e. The Morgan fingerprint density at radius 1 is 0.238 bits per heavy atom. The van der Waals surface area contributed by atoms with Crippen molar-refractivity contribution in [2.24, 2.45) is 0 Å². The third kappa shape index (κ3) is 6.25. The fourth-order valence-corrected chi connectivity index (χ4v) is 9.97. The predicted molar refractivity (Wildman–Crippen MR) is 270 cm³/mol. The van der Waals surface area contributed by atoms with Crippen molar-refractivity contribution >= 4 is 70.9 Å². The van der Waals surface area contributed by atoms with E-state index in [2.05, 4.69) is 254 Å². The standard InChI is InChI=1S/C62H41N/c1-5-20-43(21-6-1)56-41-57(44-22-7-2-8-23-44)61-54-32-18-16-30-52(54)58-40-47(34-36-55(58)62(61)60(56)45-24-9-3-10-25-45)50-37-38-59(53-31-17-15-29-51(50)53)63(48-27-11-4-12-28-48)49-35-33-42-19-13-14-26-46(42)39-49/h1-41H. The lowest BCUT2D eigenvalue weighted by Gasteiger charge is -2.28. The lowest BCUT2D eigenvalue weighted by atomic mass is 9.81. The van der Waals surface area contributed by atoms with Crippen molar-refractivity contribution in [2.45, 2.75) is 0 Å². The second-order valence-corrected chi connectivity index (χ2v) is 16.4. The number of fused-ring (bicyclic) bond motifs is 8. The molecule has 0 aliphatic rings. The summed E-state index contributed by atoms with van der Waals surface area (Å²) in [5.74, 6) is 0. The molecule has 0 bridgehead atoms. The van der Waals surface area contributed by atoms with Crippen molar-refractivity contribution < 1.29 is 0 Å². The van der Waals surface area contributed by atoms with Gasteiger partial charge in [-0.2, -0.15) is 0 Å². The molecule has 0 atom stereocenters. The summed E-state index contributed by atoms with van der Waals surface area (Å²) < 4.78 is 0. The van der Waals surface area contributed by atoms with Gasteiger partial charge >= 0.3 is 0 Å². The second kappa shape index (κ2) is 15.3. The van der Waals surface area contributed by atoms with Crippen LogP contribution in [0.25, 0.3) is 98.4 Å². The van der Waals surface area contributed by atoms with Crippen LogP contribution in [0.15, 0.2) is 249 Å². The van der Waals surface area contributed by atoms with Crippen molar-refractivity contribution in [1.29, 1.82) is 0 Å². The van der Waals surface area contributed by atoms with Crippen molar-refractivity contribution in [3.05, 3.63) is 249 Å². The smallest absolute Gasteiger partial charge is 0.0540 e. The summed E-state index contributed by atoms with van der Waals surface area (Å²) in [6, 6.07) is 91.1. The van der Waals surface area contributed by atoms with Gasteiger partial charge in [0.1, 0.15) is 0 Å². The maximum atomic E-state index is 2.45. The van der Waals surface area contributed by atoms with E-state index in [4.69, 9.17) is 0 Å². The van der Waals surface area contributed by atoms with E-state index >= 15 is 0 Å². The zero-order chi connectivity index (χ0) is 41.7. The number of para-hydroxylation sites is 1. The molecule has 0 aromatic heterocycles. The molecular formula is C62H41N. The van der Waals surface area contributed by atoms with Crippen LogP contribution in [0.5, 0.6) is 0 Å². The Morgan fingerprint density at radius 3 is 1.51 bits per heavy atom. The van der Waals surface area contributed by atoms with E-state index < -0.39 is 0 Å². The lowest BCUT2D eigenvalue weighted by Crippen LogP contribution is -2.10. The summed E-state index contributed by atoms with van der Waals surface area (Å²) in [5.41, 5.74) is 13.1. The molecule has 0 saturated carbocycles. The first-order valence-corrected chi connectivity index (χ1v) is 21.8. The highest BCUT2D eigenvalue weighted by Gasteiger charge is 2.23. The SMILES string of the molecule is c1ccc(-c2cc(-c3ccccc3)c3c4ccccc4c4cc(-c5ccc(N(c6ccccc6)c6ccc7ccccc7c6)c6ccccc56)ccc4c3c2-c2ccccc2)cc1. The van der Waals surface area contributed by atoms with Gasteiger partial charge in [0.05, 0.1) is 5.69 Å². The molecule has 12 rings (SSSR count). The summed E-state index contributed by atoms with van der Waals surface area (Å²) in [5, 5.41) is 12.4. The van der Waals surface area contributed by atoms with Gasteiger partial charge in [-0.15, -0.1) is 0 Å². The van der Waals surface area contributed by atoms with Gasteiger partial charge in [-0.05, 0) is 135 Å². The van der Waals surface area contributed by atoms with Gasteiger partial charge in [0.15, 0.2) is 0 Å². The zero-order valence-corrected chi connectivity index (χ0v) is 34.6. The number of nitrogens with zero attached hydrogens (tertiary/aromatic N) is 1. The molecule has 12 aromatic carbocycles. The van der Waals surface area contributed by atoms with Crippen LogP contribution in [-0.4, -0.2) is 0 Å². The molecule has 63 heavy (non-hydrogen) atoms. The Hall–Kier alpha value is -8.26. The van der Waals surface area contributed by atoms with Crippen molar-refractivity contribution in [1.82, 2.24) is 0 Å². The van der Waals surface area contributed by atoms with E-state index in [0.29, 0.717) is 0 Å². The fraction of sp³-hybridized carbons (Fsp3) is 0. The fourth-order valence-electron chi connectivity index (χ4n) is 9.97. The second-order valence-electron chi connectivity index (χ2n) is 16.4. The molecule has 0 unspecified atom stereocenters. The topological polar surface area (TPSA) is 3.24 Å². The van der Waals surface area contributed by atoms with Crippen molar-refractivity contribution in [2.75, 3.05) is 4.90 Å². The molecule has 0 heterocycles. The summed E-state index contributed by atoms with van der Waals surface area (Å²) >= 11 is 0. The highest BCUT2D eigenvalue weighted by Crippen LogP contribution is 2.50. The maximum absolute atomic E-state index is 2.45. The summed E-state index contributed by atoms with van der Waals surface area (Å²) in [4.78, 5) is 2.40. The highest BCUT2D eigenvalue weighted by molar-refractivity contribution is 6.33. The number of rotatable bonds is 7. The van der Waals surface area contributed by atoms with Gasteiger partial charge in [0.2, 0.25) is 0 Å². The molecule has 0 radical (unpaired) electrons. The Balaban J connectivity index is 1.14. The molecule has 0 N–H and O–H groups in total. The molecule has 0 aliphatic heterocycles. The van der Waals surface area contributed by atoms with E-state index in [0.717, 1.165) is 17.1 Å². The quantitative estimate of drug-likeness (QED) is 0.145. The number of benzene rings is 12. The average Bonchev–Trinajstić information content (AvgIpc) is 3.37. The van der Waals surface area contributed by atoms with Crippen LogP contribution < -0.4 is 4.90 Å². The first kappa shape index (κ1) is 36.6. The largest absolute Gasteiger partial charge is 0.310 e. The minimum absolute atomic E-state index is 1.12. The van der Waals surface area contributed by atoms with E-state index in [9.17, 15) is 0 Å². The Bertz CT molecular complexity index is 3650.